The molecule has 6 heteroatoms. The summed E-state index contributed by atoms with van der Waals surface area (Å²) in [4.78, 5) is 27.9. The van der Waals surface area contributed by atoms with Crippen LogP contribution in [0.15, 0.2) is 0 Å². The molecular formula is C48H96N2O4. The van der Waals surface area contributed by atoms with Gasteiger partial charge in [0, 0.05) is 12.8 Å². The number of ether oxygens (including phenoxy) is 2. The Bertz CT molecular complexity index is 762. The number of hydrogen-bond donors (Lipinski definition) is 1. The summed E-state index contributed by atoms with van der Waals surface area (Å²) < 4.78 is 11.9. The Morgan fingerprint density at radius 3 is 1.07 bits per heavy atom. The average molecular weight is 765 g/mol. The molecule has 0 heterocycles. The van der Waals surface area contributed by atoms with E-state index in [2.05, 4.69) is 32.6 Å². The third kappa shape index (κ3) is 37.8. The van der Waals surface area contributed by atoms with E-state index in [1.54, 1.807) is 0 Å². The van der Waals surface area contributed by atoms with E-state index >= 15 is 0 Å². The fourth-order valence-electron chi connectivity index (χ4n) is 7.71. The van der Waals surface area contributed by atoms with E-state index in [1.165, 1.54) is 154 Å². The van der Waals surface area contributed by atoms with Gasteiger partial charge in [0.15, 0.2) is 0 Å². The molecule has 1 atom stereocenters. The smallest absolute Gasteiger partial charge is 0.306 e. The number of nitrogens with two attached hydrogens (primary N) is 1. The lowest BCUT2D eigenvalue weighted by Crippen LogP contribution is -2.28. The molecular weight excluding hydrogens is 669 g/mol. The van der Waals surface area contributed by atoms with Crippen molar-refractivity contribution in [2.45, 2.75) is 271 Å². The van der Waals surface area contributed by atoms with Gasteiger partial charge in [-0.25, -0.2) is 0 Å². The second kappa shape index (κ2) is 43.0. The Morgan fingerprint density at radius 2 is 0.704 bits per heavy atom. The summed E-state index contributed by atoms with van der Waals surface area (Å²) in [5.74, 6) is 0.0443. The van der Waals surface area contributed by atoms with Crippen LogP contribution in [0.4, 0.5) is 0 Å². The number of nitrogens with zero attached hydrogens (tertiary/aromatic N) is 1. The van der Waals surface area contributed by atoms with Crippen molar-refractivity contribution in [3.63, 3.8) is 0 Å². The average Bonchev–Trinajstić information content (AvgIpc) is 3.16. The number of esters is 2. The van der Waals surface area contributed by atoms with Crippen LogP contribution in [0.5, 0.6) is 0 Å². The highest BCUT2D eigenvalue weighted by Crippen LogP contribution is 2.19. The maximum atomic E-state index is 12.8. The molecule has 0 aliphatic rings. The molecule has 322 valence electrons. The van der Waals surface area contributed by atoms with E-state index in [-0.39, 0.29) is 24.1 Å². The second-order valence-corrected chi connectivity index (χ2v) is 16.7. The van der Waals surface area contributed by atoms with Gasteiger partial charge in [-0.3, -0.25) is 9.59 Å². The maximum absolute atomic E-state index is 12.8. The highest BCUT2D eigenvalue weighted by atomic mass is 16.5. The molecule has 0 amide bonds. The zero-order chi connectivity index (χ0) is 39.6. The Balaban J connectivity index is 4.16. The highest BCUT2D eigenvalue weighted by molar-refractivity contribution is 5.69. The van der Waals surface area contributed by atoms with Gasteiger partial charge in [0.2, 0.25) is 0 Å². The van der Waals surface area contributed by atoms with Crippen molar-refractivity contribution < 1.29 is 19.1 Å². The van der Waals surface area contributed by atoms with Gasteiger partial charge in [0.05, 0.1) is 0 Å². The first-order chi connectivity index (χ1) is 26.5. The topological polar surface area (TPSA) is 81.9 Å². The Labute approximate surface area is 338 Å². The lowest BCUT2D eigenvalue weighted by molar-refractivity contribution is -0.151. The quantitative estimate of drug-likeness (QED) is 0.0491. The fraction of sp³-hybridized carbons (Fsp3) is 0.958. The SMILES string of the molecule is CCCCCCCCC(CCC)OC(=O)CCCCCCCN(CCCN)CCCCCCCC(=O)OC(CCCCCCCC)CCCCCCCC. The molecule has 0 aliphatic carbocycles. The minimum absolute atomic E-state index is 0.0126. The van der Waals surface area contributed by atoms with Crippen LogP contribution < -0.4 is 5.73 Å². The molecule has 1 unspecified atom stereocenters. The van der Waals surface area contributed by atoms with Gasteiger partial charge < -0.3 is 20.1 Å². The number of carbonyl (C=O) groups excluding carboxylic acids is 2. The van der Waals surface area contributed by atoms with Crippen molar-refractivity contribution in [2.24, 2.45) is 5.73 Å². The van der Waals surface area contributed by atoms with Crippen LogP contribution in [0, 0.1) is 0 Å². The molecule has 0 aromatic carbocycles. The van der Waals surface area contributed by atoms with Crippen molar-refractivity contribution in [3.05, 3.63) is 0 Å². The first-order valence-electron chi connectivity index (χ1n) is 24.3. The van der Waals surface area contributed by atoms with Gasteiger partial charge in [-0.2, -0.15) is 0 Å². The number of unbranched alkanes of at least 4 members (excludes halogenated alkanes) is 23. The molecule has 54 heavy (non-hydrogen) atoms. The zero-order valence-electron chi connectivity index (χ0n) is 37.1. The predicted molar refractivity (Wildman–Crippen MR) is 234 cm³/mol. The summed E-state index contributed by atoms with van der Waals surface area (Å²) in [5, 5.41) is 0. The van der Waals surface area contributed by atoms with Crippen molar-refractivity contribution in [1.82, 2.24) is 4.90 Å². The number of hydrogen-bond acceptors (Lipinski definition) is 6. The monoisotopic (exact) mass is 765 g/mol. The molecule has 0 saturated heterocycles. The molecule has 0 spiro atoms. The minimum Gasteiger partial charge on any atom is -0.462 e. The van der Waals surface area contributed by atoms with E-state index in [9.17, 15) is 9.59 Å². The minimum atomic E-state index is 0.0126. The van der Waals surface area contributed by atoms with E-state index in [0.717, 1.165) is 90.4 Å². The van der Waals surface area contributed by atoms with Crippen molar-refractivity contribution in [1.29, 1.82) is 0 Å². The van der Waals surface area contributed by atoms with Gasteiger partial charge in [0.25, 0.3) is 0 Å². The lowest BCUT2D eigenvalue weighted by Gasteiger charge is -2.22. The van der Waals surface area contributed by atoms with E-state index < -0.39 is 0 Å². The fourth-order valence-corrected chi connectivity index (χ4v) is 7.71. The molecule has 6 nitrogen and oxygen atoms in total. The summed E-state index contributed by atoms with van der Waals surface area (Å²) in [7, 11) is 0. The molecule has 0 radical (unpaired) electrons. The standard InChI is InChI=1S/C48H96N2O4/c1-5-9-12-15-20-27-36-45(35-8-4)53-47(51)39-30-23-18-25-32-42-50(44-34-41-49)43-33-26-19-24-31-40-48(52)54-46(37-28-21-16-13-10-6-2)38-29-22-17-14-11-7-3/h45-46H,5-44,49H2,1-4H3. The maximum Gasteiger partial charge on any atom is 0.306 e. The first kappa shape index (κ1) is 52.9. The number of carbonyl (C=O) groups is 2. The van der Waals surface area contributed by atoms with Crippen LogP contribution in [-0.2, 0) is 19.1 Å². The summed E-state index contributed by atoms with van der Waals surface area (Å²) >= 11 is 0. The van der Waals surface area contributed by atoms with Crippen LogP contribution in [0.3, 0.4) is 0 Å². The predicted octanol–water partition coefficient (Wildman–Crippen LogP) is 14.2. The summed E-state index contributed by atoms with van der Waals surface area (Å²) in [5.41, 5.74) is 5.86. The Hall–Kier alpha value is -1.14. The first-order valence-corrected chi connectivity index (χ1v) is 24.3. The largest absolute Gasteiger partial charge is 0.462 e. The van der Waals surface area contributed by atoms with Crippen LogP contribution in [0.25, 0.3) is 0 Å². The van der Waals surface area contributed by atoms with E-state index in [1.807, 2.05) is 0 Å². The summed E-state index contributed by atoms with van der Waals surface area (Å²) in [6.07, 6.45) is 42.2. The molecule has 0 bridgehead atoms. The Kier molecular flexibility index (Phi) is 42.1. The van der Waals surface area contributed by atoms with Gasteiger partial charge in [-0.15, -0.1) is 0 Å². The van der Waals surface area contributed by atoms with Crippen molar-refractivity contribution >= 4 is 11.9 Å². The van der Waals surface area contributed by atoms with Gasteiger partial charge in [-0.05, 0) is 103 Å². The third-order valence-corrected chi connectivity index (χ3v) is 11.2. The van der Waals surface area contributed by atoms with Crippen molar-refractivity contribution in [2.75, 3.05) is 26.2 Å². The van der Waals surface area contributed by atoms with E-state index in [0.29, 0.717) is 12.8 Å². The molecule has 0 aliphatic heterocycles. The normalized spacial score (nSPS) is 12.2. The van der Waals surface area contributed by atoms with Gasteiger partial charge in [-0.1, -0.05) is 169 Å². The summed E-state index contributed by atoms with van der Waals surface area (Å²) in [6.45, 7) is 13.1. The van der Waals surface area contributed by atoms with Crippen LogP contribution in [0.2, 0.25) is 0 Å². The molecule has 0 aromatic rings. The van der Waals surface area contributed by atoms with Crippen LogP contribution in [-0.4, -0.2) is 55.2 Å². The van der Waals surface area contributed by atoms with Gasteiger partial charge in [0.1, 0.15) is 12.2 Å². The van der Waals surface area contributed by atoms with Gasteiger partial charge >= 0.3 is 11.9 Å². The second-order valence-electron chi connectivity index (χ2n) is 16.7. The molecule has 0 rings (SSSR count). The molecule has 0 fully saturated rings. The zero-order valence-corrected chi connectivity index (χ0v) is 37.1. The van der Waals surface area contributed by atoms with E-state index in [4.69, 9.17) is 15.2 Å². The van der Waals surface area contributed by atoms with Crippen LogP contribution >= 0.6 is 0 Å². The third-order valence-electron chi connectivity index (χ3n) is 11.2. The molecule has 0 aromatic heterocycles. The van der Waals surface area contributed by atoms with Crippen LogP contribution in [0.1, 0.15) is 259 Å². The Morgan fingerprint density at radius 1 is 0.389 bits per heavy atom. The molecule has 0 saturated carbocycles. The highest BCUT2D eigenvalue weighted by Gasteiger charge is 2.15. The number of rotatable bonds is 44. The lowest BCUT2D eigenvalue weighted by atomic mass is 10.0. The summed E-state index contributed by atoms with van der Waals surface area (Å²) in [6, 6.07) is 0. The molecule has 2 N–H and O–H groups in total. The van der Waals surface area contributed by atoms with Crippen molar-refractivity contribution in [3.8, 4) is 0 Å².